The highest BCUT2D eigenvalue weighted by Gasteiger charge is 2.38. The van der Waals surface area contributed by atoms with E-state index in [1.165, 1.54) is 104 Å². The first-order chi connectivity index (χ1) is 31.3. The average Bonchev–Trinajstić information content (AvgIpc) is 3.34. The molecule has 2 atom stereocenters. The smallest absolute Gasteiger partial charge is 0.0838 e. The molecule has 5 aliphatic rings. The van der Waals surface area contributed by atoms with Gasteiger partial charge in [0.05, 0.1) is 0 Å². The van der Waals surface area contributed by atoms with Gasteiger partial charge in [0, 0.05) is 11.8 Å². The number of benzene rings is 8. The first-order valence-corrected chi connectivity index (χ1v) is 29.6. The van der Waals surface area contributed by atoms with Gasteiger partial charge < -0.3 is 0 Å². The highest BCUT2D eigenvalue weighted by molar-refractivity contribution is 7.02. The Labute approximate surface area is 379 Å². The maximum absolute atomic E-state index is 2.56. The molecule has 0 saturated heterocycles. The summed E-state index contributed by atoms with van der Waals surface area (Å²) in [7, 11) is -4.12. The van der Waals surface area contributed by atoms with E-state index in [0.29, 0.717) is 11.8 Å². The normalized spacial score (nSPS) is 18.1. The molecule has 0 fully saturated rings. The van der Waals surface area contributed by atoms with Crippen LogP contribution in [0.5, 0.6) is 0 Å². The predicted molar refractivity (Wildman–Crippen MR) is 282 cm³/mol. The van der Waals surface area contributed by atoms with Crippen molar-refractivity contribution in [1.82, 2.24) is 0 Å². The SMILES string of the molecule is C[Si](C)(c1ccc(-c2c3ccccc3c(-c3ccc([Si](C)(C)c4ccc5c6c7c(ccc46)C=CCC7=CC5)cc3)c3ccccc23)cc1)c1ccc2c3c1C=CC1C=CCC(=CC2)C31. The Bertz CT molecular complexity index is 3420. The largest absolute Gasteiger partial charge is 0.113 e. The first-order valence-electron chi connectivity index (χ1n) is 23.6. The van der Waals surface area contributed by atoms with Crippen LogP contribution >= 0.6 is 0 Å². The molecule has 0 amide bonds. The van der Waals surface area contributed by atoms with Crippen LogP contribution in [0.2, 0.25) is 26.2 Å². The molecule has 0 bridgehead atoms. The molecule has 308 valence electrons. The van der Waals surface area contributed by atoms with E-state index in [-0.39, 0.29) is 0 Å². The minimum Gasteiger partial charge on any atom is -0.0838 e. The molecule has 0 saturated carbocycles. The van der Waals surface area contributed by atoms with Crippen molar-refractivity contribution in [1.29, 1.82) is 0 Å². The van der Waals surface area contributed by atoms with Crippen molar-refractivity contribution in [3.05, 3.63) is 209 Å². The van der Waals surface area contributed by atoms with Gasteiger partial charge in [-0.1, -0.05) is 224 Å². The molecule has 0 N–H and O–H groups in total. The zero-order chi connectivity index (χ0) is 42.9. The fraction of sp³-hybridized carbons (Fsp3) is 0.161. The summed E-state index contributed by atoms with van der Waals surface area (Å²) in [5.74, 6) is 1.01. The van der Waals surface area contributed by atoms with Gasteiger partial charge in [-0.3, -0.25) is 0 Å². The second kappa shape index (κ2) is 14.1. The van der Waals surface area contributed by atoms with Crippen LogP contribution in [0, 0.1) is 5.92 Å². The molecule has 8 aromatic rings. The van der Waals surface area contributed by atoms with E-state index in [1.54, 1.807) is 16.3 Å². The van der Waals surface area contributed by atoms with Crippen LogP contribution in [0.25, 0.3) is 72.3 Å². The third-order valence-corrected chi connectivity index (χ3v) is 23.3. The highest BCUT2D eigenvalue weighted by atomic mass is 28.3. The van der Waals surface area contributed by atoms with Crippen LogP contribution in [0.15, 0.2) is 175 Å². The molecule has 64 heavy (non-hydrogen) atoms. The van der Waals surface area contributed by atoms with Crippen molar-refractivity contribution in [3.63, 3.8) is 0 Å². The molecular weight excluding hydrogens is 801 g/mol. The quantitative estimate of drug-likeness (QED) is 0.0888. The maximum Gasteiger partial charge on any atom is 0.113 e. The monoisotopic (exact) mass is 852 g/mol. The lowest BCUT2D eigenvalue weighted by molar-refractivity contribution is 0.615. The summed E-state index contributed by atoms with van der Waals surface area (Å²) in [5.41, 5.74) is 17.3. The summed E-state index contributed by atoms with van der Waals surface area (Å²) in [4.78, 5) is 0. The fourth-order valence-electron chi connectivity index (χ4n) is 12.7. The van der Waals surface area contributed by atoms with E-state index in [0.717, 1.165) is 25.7 Å². The number of fused-ring (bicyclic) bond motifs is 2. The number of rotatable bonds is 6. The van der Waals surface area contributed by atoms with Crippen LogP contribution in [0.1, 0.15) is 52.1 Å². The summed E-state index contributed by atoms with van der Waals surface area (Å²) in [6.45, 7) is 10.2. The van der Waals surface area contributed by atoms with E-state index >= 15 is 0 Å². The van der Waals surface area contributed by atoms with Crippen molar-refractivity contribution in [2.24, 2.45) is 5.92 Å². The topological polar surface area (TPSA) is 0 Å². The Balaban J connectivity index is 0.880. The highest BCUT2D eigenvalue weighted by Crippen LogP contribution is 2.48. The van der Waals surface area contributed by atoms with Gasteiger partial charge in [-0.05, 0) is 130 Å². The van der Waals surface area contributed by atoms with Crippen molar-refractivity contribution >= 4 is 86.9 Å². The van der Waals surface area contributed by atoms with E-state index < -0.39 is 16.1 Å². The first kappa shape index (κ1) is 38.2. The third kappa shape index (κ3) is 5.52. The van der Waals surface area contributed by atoms with Gasteiger partial charge >= 0.3 is 0 Å². The molecule has 13 rings (SSSR count). The fourth-order valence-corrected chi connectivity index (χ4v) is 18.1. The zero-order valence-corrected chi connectivity index (χ0v) is 39.3. The molecule has 0 aliphatic heterocycles. The second-order valence-electron chi connectivity index (χ2n) is 20.1. The van der Waals surface area contributed by atoms with Gasteiger partial charge in [-0.25, -0.2) is 0 Å². The molecule has 0 aromatic heterocycles. The van der Waals surface area contributed by atoms with Gasteiger partial charge in [0.25, 0.3) is 0 Å². The van der Waals surface area contributed by atoms with Gasteiger partial charge in [0.1, 0.15) is 16.1 Å². The summed E-state index contributed by atoms with van der Waals surface area (Å²) < 4.78 is 0. The van der Waals surface area contributed by atoms with E-state index in [4.69, 9.17) is 0 Å². The Morgan fingerprint density at radius 1 is 0.453 bits per heavy atom. The van der Waals surface area contributed by atoms with Crippen LogP contribution in [0.4, 0.5) is 0 Å². The number of hydrogen-bond donors (Lipinski definition) is 0. The van der Waals surface area contributed by atoms with Crippen molar-refractivity contribution < 1.29 is 0 Å². The molecule has 0 nitrogen and oxygen atoms in total. The molecule has 5 aliphatic carbocycles. The Morgan fingerprint density at radius 2 is 1.05 bits per heavy atom. The van der Waals surface area contributed by atoms with Crippen molar-refractivity contribution in [2.75, 3.05) is 0 Å². The number of allylic oxidation sites excluding steroid dienone is 8. The maximum atomic E-state index is 2.56. The van der Waals surface area contributed by atoms with Crippen LogP contribution < -0.4 is 20.7 Å². The summed E-state index contributed by atoms with van der Waals surface area (Å²) in [5, 5.41) is 14.3. The van der Waals surface area contributed by atoms with Crippen LogP contribution in [-0.2, 0) is 12.8 Å². The molecule has 2 heteroatoms. The minimum absolute atomic E-state index is 0.494. The molecular formula is C62H52Si2. The van der Waals surface area contributed by atoms with Gasteiger partial charge in [-0.15, -0.1) is 0 Å². The minimum atomic E-state index is -2.07. The number of hydrogen-bond acceptors (Lipinski definition) is 0. The standard InChI is InChI=1S/C62H52Si2/c1-63(2,55-37-29-45-21-19-39-11-9-13-41-27-35-53(55)61(45)57(39)41)47-31-23-43(24-32-47)59-49-15-5-7-17-51(49)60(52-18-8-6-16-50(52)59)44-25-33-48(34-26-44)64(3,4)56-38-30-46-22-20-40-12-10-14-42-28-36-54(56)62(46)58(40)42/h5-10,13-20,23-38,41,57H,11-12,21-22H2,1-4H3. The average molecular weight is 853 g/mol. The molecule has 0 heterocycles. The van der Waals surface area contributed by atoms with Crippen molar-refractivity contribution in [2.45, 2.75) is 57.8 Å². The zero-order valence-electron chi connectivity index (χ0n) is 37.3. The molecule has 8 aromatic carbocycles. The lowest BCUT2D eigenvalue weighted by Gasteiger charge is -2.39. The molecule has 0 spiro atoms. The van der Waals surface area contributed by atoms with E-state index in [9.17, 15) is 0 Å². The summed E-state index contributed by atoms with van der Waals surface area (Å²) in [6.07, 6.45) is 23.7. The Kier molecular flexibility index (Phi) is 8.40. The van der Waals surface area contributed by atoms with Gasteiger partial charge in [0.2, 0.25) is 0 Å². The van der Waals surface area contributed by atoms with Crippen molar-refractivity contribution in [3.8, 4) is 22.3 Å². The van der Waals surface area contributed by atoms with E-state index in [1.807, 2.05) is 0 Å². The van der Waals surface area contributed by atoms with Gasteiger partial charge in [0.15, 0.2) is 0 Å². The molecule has 0 radical (unpaired) electrons. The lowest BCUT2D eigenvalue weighted by Crippen LogP contribution is -2.54. The van der Waals surface area contributed by atoms with E-state index in [2.05, 4.69) is 208 Å². The third-order valence-electron chi connectivity index (χ3n) is 16.1. The lowest BCUT2D eigenvalue weighted by atomic mass is 9.67. The van der Waals surface area contributed by atoms with Gasteiger partial charge in [-0.2, -0.15) is 0 Å². The summed E-state index contributed by atoms with van der Waals surface area (Å²) in [6, 6.07) is 52.4. The summed E-state index contributed by atoms with van der Waals surface area (Å²) >= 11 is 0. The Hall–Kier alpha value is -6.33. The van der Waals surface area contributed by atoms with Crippen LogP contribution in [0.3, 0.4) is 0 Å². The second-order valence-corrected chi connectivity index (χ2v) is 28.9. The van der Waals surface area contributed by atoms with Crippen LogP contribution in [-0.4, -0.2) is 16.1 Å². The molecule has 2 unspecified atom stereocenters. The Morgan fingerprint density at radius 3 is 1.70 bits per heavy atom. The predicted octanol–water partition coefficient (Wildman–Crippen LogP) is 13.7.